The lowest BCUT2D eigenvalue weighted by atomic mass is 9.75. The average Bonchev–Trinajstić information content (AvgIpc) is 3.23. The maximum absolute atomic E-state index is 14.5. The Hall–Kier alpha value is -3.89. The molecule has 0 saturated heterocycles. The minimum Gasteiger partial charge on any atom is -0.481 e. The molecule has 1 spiro atoms. The zero-order valence-corrected chi connectivity index (χ0v) is 27.1. The summed E-state index contributed by atoms with van der Waals surface area (Å²) in [5.74, 6) is -1.06. The third-order valence-corrected chi connectivity index (χ3v) is 8.99. The number of ether oxygens (including phenoxy) is 1. The van der Waals surface area contributed by atoms with Gasteiger partial charge in [0.15, 0.2) is 0 Å². The molecule has 1 saturated carbocycles. The van der Waals surface area contributed by atoms with Crippen molar-refractivity contribution in [2.24, 2.45) is 22.2 Å². The van der Waals surface area contributed by atoms with Crippen molar-refractivity contribution in [1.29, 1.82) is 0 Å². The number of hydrogen-bond donors (Lipinski definition) is 2. The van der Waals surface area contributed by atoms with Gasteiger partial charge in [0.05, 0.1) is 12.5 Å². The summed E-state index contributed by atoms with van der Waals surface area (Å²) < 4.78 is 42.4. The number of nitrogens with zero attached hydrogens (tertiary/aromatic N) is 2. The number of carboxylic acid groups (broad SMARTS) is 1. The molecule has 1 atom stereocenters. The van der Waals surface area contributed by atoms with Crippen LogP contribution in [0.15, 0.2) is 53.5 Å². The molecule has 0 radical (unpaired) electrons. The number of amides is 2. The van der Waals surface area contributed by atoms with Crippen LogP contribution in [0.4, 0.5) is 13.2 Å². The molecule has 2 aromatic carbocycles. The summed E-state index contributed by atoms with van der Waals surface area (Å²) in [6, 6.07) is 11.9. The van der Waals surface area contributed by atoms with E-state index >= 15 is 0 Å². The number of nitrogens with one attached hydrogen (secondary N) is 1. The molecular weight excluding hydrogens is 599 g/mol. The maximum atomic E-state index is 14.5. The molecule has 46 heavy (non-hydrogen) atoms. The molecule has 4 rings (SSSR count). The molecule has 250 valence electrons. The standard InChI is InChI=1S/C35H44F3N3O5/c1-22(2)23-14-19-34(20-15-23)40-30(25-10-12-27(13-11-25)46-35(36,37)38)32(45)41(34)28(16-18-33(3,4)5)24-6-8-26(9-7-24)31(44)39-21-17-29(42)43/h6-13,22-23,28H,14-21H2,1-5H3,(H,39,44)(H,42,43)/t23?,28-,34?/m1/s1. The van der Waals surface area contributed by atoms with Crippen LogP contribution in [0.3, 0.4) is 0 Å². The van der Waals surface area contributed by atoms with Crippen LogP contribution in [0.1, 0.15) is 107 Å². The Bertz CT molecular complexity index is 1420. The third kappa shape index (κ3) is 8.67. The SMILES string of the molecule is CC(C)C1CCC2(CC1)N=C(c1ccc(OC(F)(F)F)cc1)C(=O)N2[C@H](CCC(C)(C)C)c1ccc(C(=O)NCCC(=O)O)cc1. The zero-order chi connectivity index (χ0) is 33.9. The molecule has 1 heterocycles. The Kier molecular flexibility index (Phi) is 10.5. The van der Waals surface area contributed by atoms with E-state index in [0.717, 1.165) is 24.8 Å². The largest absolute Gasteiger partial charge is 0.573 e. The van der Waals surface area contributed by atoms with Gasteiger partial charge in [0.1, 0.15) is 17.1 Å². The van der Waals surface area contributed by atoms with E-state index in [4.69, 9.17) is 10.1 Å². The molecule has 1 aliphatic carbocycles. The van der Waals surface area contributed by atoms with Crippen molar-refractivity contribution in [2.75, 3.05) is 6.54 Å². The normalized spacial score (nSPS) is 21.0. The van der Waals surface area contributed by atoms with E-state index in [-0.39, 0.29) is 47.7 Å². The number of benzene rings is 2. The maximum Gasteiger partial charge on any atom is 0.573 e. The predicted molar refractivity (Wildman–Crippen MR) is 168 cm³/mol. The van der Waals surface area contributed by atoms with Crippen LogP contribution in [0.25, 0.3) is 0 Å². The van der Waals surface area contributed by atoms with Gasteiger partial charge in [-0.3, -0.25) is 19.4 Å². The summed E-state index contributed by atoms with van der Waals surface area (Å²) in [5, 5.41) is 11.5. The number of rotatable bonds is 11. The first-order chi connectivity index (χ1) is 21.5. The minimum absolute atomic E-state index is 0.00964. The van der Waals surface area contributed by atoms with Gasteiger partial charge in [-0.1, -0.05) is 46.8 Å². The topological polar surface area (TPSA) is 108 Å². The second-order valence-corrected chi connectivity index (χ2v) is 13.9. The van der Waals surface area contributed by atoms with Crippen molar-refractivity contribution in [3.8, 4) is 5.75 Å². The lowest BCUT2D eigenvalue weighted by Crippen LogP contribution is -2.51. The Morgan fingerprint density at radius 1 is 1.04 bits per heavy atom. The highest BCUT2D eigenvalue weighted by Crippen LogP contribution is 2.48. The van der Waals surface area contributed by atoms with E-state index in [1.807, 2.05) is 17.0 Å². The fourth-order valence-electron chi connectivity index (χ4n) is 6.43. The van der Waals surface area contributed by atoms with E-state index in [2.05, 4.69) is 44.7 Å². The van der Waals surface area contributed by atoms with Gasteiger partial charge in [-0.2, -0.15) is 0 Å². The first-order valence-corrected chi connectivity index (χ1v) is 15.9. The van der Waals surface area contributed by atoms with Crippen LogP contribution in [-0.2, 0) is 9.59 Å². The first-order valence-electron chi connectivity index (χ1n) is 15.9. The molecule has 0 bridgehead atoms. The molecule has 0 unspecified atom stereocenters. The van der Waals surface area contributed by atoms with Crippen LogP contribution in [0.2, 0.25) is 0 Å². The Morgan fingerprint density at radius 2 is 1.65 bits per heavy atom. The van der Waals surface area contributed by atoms with Gasteiger partial charge in [-0.05, 0) is 97.7 Å². The molecule has 8 nitrogen and oxygen atoms in total. The van der Waals surface area contributed by atoms with Gasteiger partial charge in [0.2, 0.25) is 0 Å². The number of halogens is 3. The molecule has 2 N–H and O–H groups in total. The quantitative estimate of drug-likeness (QED) is 0.263. The number of aliphatic carboxylic acids is 1. The monoisotopic (exact) mass is 643 g/mol. The number of alkyl halides is 3. The second-order valence-electron chi connectivity index (χ2n) is 13.9. The van der Waals surface area contributed by atoms with E-state index < -0.39 is 18.0 Å². The summed E-state index contributed by atoms with van der Waals surface area (Å²) in [7, 11) is 0. The predicted octanol–water partition coefficient (Wildman–Crippen LogP) is 7.53. The highest BCUT2D eigenvalue weighted by atomic mass is 19.4. The Balaban J connectivity index is 1.71. The number of aliphatic imine (C=N–C) groups is 1. The Morgan fingerprint density at radius 3 is 2.17 bits per heavy atom. The fourth-order valence-corrected chi connectivity index (χ4v) is 6.43. The van der Waals surface area contributed by atoms with Crippen molar-refractivity contribution >= 4 is 23.5 Å². The van der Waals surface area contributed by atoms with E-state index in [1.165, 1.54) is 24.3 Å². The minimum atomic E-state index is -4.83. The van der Waals surface area contributed by atoms with Crippen LogP contribution in [0, 0.1) is 17.3 Å². The van der Waals surface area contributed by atoms with Crippen molar-refractivity contribution < 1.29 is 37.4 Å². The van der Waals surface area contributed by atoms with Gasteiger partial charge < -0.3 is 20.1 Å². The van der Waals surface area contributed by atoms with Gasteiger partial charge in [-0.25, -0.2) is 0 Å². The molecule has 11 heteroatoms. The molecule has 2 amide bonds. The smallest absolute Gasteiger partial charge is 0.481 e. The van der Waals surface area contributed by atoms with Crippen molar-refractivity contribution in [3.05, 3.63) is 65.2 Å². The van der Waals surface area contributed by atoms with Gasteiger partial charge in [0.25, 0.3) is 11.8 Å². The third-order valence-electron chi connectivity index (χ3n) is 8.99. The average molecular weight is 644 g/mol. The van der Waals surface area contributed by atoms with E-state index in [0.29, 0.717) is 42.2 Å². The van der Waals surface area contributed by atoms with Crippen LogP contribution in [-0.4, -0.2) is 52.1 Å². The molecule has 1 fully saturated rings. The van der Waals surface area contributed by atoms with Gasteiger partial charge >= 0.3 is 12.3 Å². The summed E-state index contributed by atoms with van der Waals surface area (Å²) in [6.45, 7) is 10.8. The number of carbonyl (C=O) groups is 3. The van der Waals surface area contributed by atoms with Crippen molar-refractivity contribution in [2.45, 2.75) is 97.6 Å². The highest BCUT2D eigenvalue weighted by Gasteiger charge is 2.52. The van der Waals surface area contributed by atoms with Crippen LogP contribution < -0.4 is 10.1 Å². The number of carbonyl (C=O) groups excluding carboxylic acids is 2. The van der Waals surface area contributed by atoms with E-state index in [1.54, 1.807) is 12.1 Å². The molecular formula is C35H44F3N3O5. The van der Waals surface area contributed by atoms with E-state index in [9.17, 15) is 27.6 Å². The summed E-state index contributed by atoms with van der Waals surface area (Å²) in [6.07, 6.45) is -0.482. The molecule has 2 aromatic rings. The van der Waals surface area contributed by atoms with Crippen LogP contribution >= 0.6 is 0 Å². The second kappa shape index (κ2) is 13.8. The van der Waals surface area contributed by atoms with Gasteiger partial charge in [-0.15, -0.1) is 13.2 Å². The van der Waals surface area contributed by atoms with Gasteiger partial charge in [0, 0.05) is 17.7 Å². The lowest BCUT2D eigenvalue weighted by Gasteiger charge is -2.46. The Labute approximate surface area is 268 Å². The summed E-state index contributed by atoms with van der Waals surface area (Å²) >= 11 is 0. The first kappa shape index (κ1) is 35.0. The van der Waals surface area contributed by atoms with Crippen LogP contribution in [0.5, 0.6) is 5.75 Å². The highest BCUT2D eigenvalue weighted by molar-refractivity contribution is 6.46. The molecule has 0 aromatic heterocycles. The van der Waals surface area contributed by atoms with Crippen molar-refractivity contribution in [3.63, 3.8) is 0 Å². The summed E-state index contributed by atoms with van der Waals surface area (Å²) in [5.41, 5.74) is 1.02. The number of hydrogen-bond acceptors (Lipinski definition) is 5. The molecule has 1 aliphatic heterocycles. The number of carboxylic acids is 1. The van der Waals surface area contributed by atoms with Crippen molar-refractivity contribution in [1.82, 2.24) is 10.2 Å². The molecule has 2 aliphatic rings. The lowest BCUT2D eigenvalue weighted by molar-refractivity contribution is -0.274. The summed E-state index contributed by atoms with van der Waals surface area (Å²) in [4.78, 5) is 45.0. The fraction of sp³-hybridized carbons (Fsp3) is 0.543. The zero-order valence-electron chi connectivity index (χ0n) is 27.1.